The zero-order valence-electron chi connectivity index (χ0n) is 11.2. The lowest BCUT2D eigenvalue weighted by molar-refractivity contribution is -0.134. The Morgan fingerprint density at radius 2 is 1.90 bits per heavy atom. The molecule has 0 radical (unpaired) electrons. The quantitative estimate of drug-likeness (QED) is 0.841. The molecule has 0 fully saturated rings. The fourth-order valence-corrected chi connectivity index (χ4v) is 2.63. The van der Waals surface area contributed by atoms with Gasteiger partial charge in [-0.15, -0.1) is 11.3 Å². The summed E-state index contributed by atoms with van der Waals surface area (Å²) in [4.78, 5) is 10.7. The smallest absolute Gasteiger partial charge is 0.425 e. The normalized spacial score (nSPS) is 11.3. The first-order valence-electron chi connectivity index (χ1n) is 5.95. The second kappa shape index (κ2) is 5.77. The van der Waals surface area contributed by atoms with Gasteiger partial charge in [0.15, 0.2) is 0 Å². The molecule has 0 aliphatic rings. The molecule has 2 aromatic rings. The molecule has 0 spiro atoms. The predicted molar refractivity (Wildman–Crippen MR) is 75.1 cm³/mol. The molecule has 112 valence electrons. The average molecular weight is 315 g/mol. The number of halogens is 3. The van der Waals surface area contributed by atoms with Gasteiger partial charge in [0.25, 0.3) is 0 Å². The second-order valence-electron chi connectivity index (χ2n) is 4.28. The van der Waals surface area contributed by atoms with E-state index in [1.54, 1.807) is 12.1 Å². The van der Waals surface area contributed by atoms with Gasteiger partial charge in [0.1, 0.15) is 9.75 Å². The number of carbonyl (C=O) groups is 1. The van der Waals surface area contributed by atoms with E-state index < -0.39 is 17.0 Å². The summed E-state index contributed by atoms with van der Waals surface area (Å²) in [7, 11) is 1.13. The Morgan fingerprint density at radius 3 is 2.48 bits per heavy atom. The van der Waals surface area contributed by atoms with E-state index in [-0.39, 0.29) is 10.6 Å². The SMILES string of the molecule is COC(=O)c1sc(C(F)(F)F)cc1Nc1ccccc1C. The number of nitrogens with one attached hydrogen (secondary N) is 1. The molecule has 0 amide bonds. The lowest BCUT2D eigenvalue weighted by atomic mass is 10.2. The number of thiophene rings is 1. The van der Waals surface area contributed by atoms with Crippen molar-refractivity contribution in [3.8, 4) is 0 Å². The van der Waals surface area contributed by atoms with Gasteiger partial charge in [0, 0.05) is 5.69 Å². The highest BCUT2D eigenvalue weighted by atomic mass is 32.1. The maximum Gasteiger partial charge on any atom is 0.425 e. The monoisotopic (exact) mass is 315 g/mol. The molecule has 0 bridgehead atoms. The molecular formula is C14H12F3NO2S. The van der Waals surface area contributed by atoms with Crippen LogP contribution in [0.3, 0.4) is 0 Å². The molecule has 1 aromatic heterocycles. The molecule has 21 heavy (non-hydrogen) atoms. The van der Waals surface area contributed by atoms with Gasteiger partial charge >= 0.3 is 12.1 Å². The van der Waals surface area contributed by atoms with Crippen LogP contribution in [0.15, 0.2) is 30.3 Å². The molecule has 1 heterocycles. The van der Waals surface area contributed by atoms with Crippen LogP contribution in [0, 0.1) is 6.92 Å². The lowest BCUT2D eigenvalue weighted by Crippen LogP contribution is -2.02. The van der Waals surface area contributed by atoms with Gasteiger partial charge in [0.2, 0.25) is 0 Å². The number of benzene rings is 1. The van der Waals surface area contributed by atoms with Crippen molar-refractivity contribution in [3.63, 3.8) is 0 Å². The highest BCUT2D eigenvalue weighted by Gasteiger charge is 2.35. The van der Waals surface area contributed by atoms with Gasteiger partial charge in [0.05, 0.1) is 12.8 Å². The molecule has 0 unspecified atom stereocenters. The molecule has 2 rings (SSSR count). The summed E-state index contributed by atoms with van der Waals surface area (Å²) >= 11 is 0.362. The molecule has 1 aromatic carbocycles. The summed E-state index contributed by atoms with van der Waals surface area (Å²) in [5, 5.41) is 2.86. The van der Waals surface area contributed by atoms with Gasteiger partial charge in [-0.1, -0.05) is 18.2 Å². The van der Waals surface area contributed by atoms with Crippen LogP contribution >= 0.6 is 11.3 Å². The number of hydrogen-bond donors (Lipinski definition) is 1. The minimum atomic E-state index is -4.50. The fraction of sp³-hybridized carbons (Fsp3) is 0.214. The van der Waals surface area contributed by atoms with Crippen molar-refractivity contribution < 1.29 is 22.7 Å². The second-order valence-corrected chi connectivity index (χ2v) is 5.33. The molecule has 1 N–H and O–H groups in total. The Balaban J connectivity index is 2.44. The van der Waals surface area contributed by atoms with E-state index in [2.05, 4.69) is 10.1 Å². The van der Waals surface area contributed by atoms with E-state index in [0.29, 0.717) is 17.0 Å². The standard InChI is InChI=1S/C14H12F3NO2S/c1-8-5-3-4-6-9(8)18-10-7-11(14(15,16)17)21-12(10)13(19)20-2/h3-7,18H,1-2H3. The third kappa shape index (κ3) is 3.36. The summed E-state index contributed by atoms with van der Waals surface area (Å²) < 4.78 is 42.9. The number of rotatable bonds is 3. The Hall–Kier alpha value is -2.02. The molecule has 0 aliphatic heterocycles. The largest absolute Gasteiger partial charge is 0.465 e. The number of methoxy groups -OCH3 is 1. The van der Waals surface area contributed by atoms with Crippen molar-refractivity contribution >= 4 is 28.7 Å². The summed E-state index contributed by atoms with van der Waals surface area (Å²) in [6, 6.07) is 8.03. The number of aryl methyl sites for hydroxylation is 1. The van der Waals surface area contributed by atoms with E-state index in [1.165, 1.54) is 0 Å². The van der Waals surface area contributed by atoms with Crippen LogP contribution in [0.25, 0.3) is 0 Å². The highest BCUT2D eigenvalue weighted by molar-refractivity contribution is 7.14. The van der Waals surface area contributed by atoms with Gasteiger partial charge < -0.3 is 10.1 Å². The molecule has 0 saturated heterocycles. The highest BCUT2D eigenvalue weighted by Crippen LogP contribution is 2.40. The van der Waals surface area contributed by atoms with Crippen LogP contribution in [-0.2, 0) is 10.9 Å². The summed E-state index contributed by atoms with van der Waals surface area (Å²) in [6.07, 6.45) is -4.50. The van der Waals surface area contributed by atoms with Crippen LogP contribution in [-0.4, -0.2) is 13.1 Å². The zero-order chi connectivity index (χ0) is 15.6. The van der Waals surface area contributed by atoms with Gasteiger partial charge in [-0.3, -0.25) is 0 Å². The maximum absolute atomic E-state index is 12.8. The Labute approximate surface area is 123 Å². The lowest BCUT2D eigenvalue weighted by Gasteiger charge is -2.09. The molecule has 0 aliphatic carbocycles. The van der Waals surface area contributed by atoms with Crippen LogP contribution in [0.1, 0.15) is 20.1 Å². The third-order valence-corrected chi connectivity index (χ3v) is 3.96. The summed E-state index contributed by atoms with van der Waals surface area (Å²) in [5.74, 6) is -0.799. The van der Waals surface area contributed by atoms with Crippen molar-refractivity contribution in [3.05, 3.63) is 45.6 Å². The van der Waals surface area contributed by atoms with Crippen molar-refractivity contribution in [2.45, 2.75) is 13.1 Å². The van der Waals surface area contributed by atoms with E-state index in [4.69, 9.17) is 0 Å². The van der Waals surface area contributed by atoms with Crippen molar-refractivity contribution in [1.29, 1.82) is 0 Å². The van der Waals surface area contributed by atoms with Crippen molar-refractivity contribution in [2.24, 2.45) is 0 Å². The molecule has 7 heteroatoms. The molecule has 0 saturated carbocycles. The number of alkyl halides is 3. The molecular weight excluding hydrogens is 303 g/mol. The summed E-state index contributed by atoms with van der Waals surface area (Å²) in [5.41, 5.74) is 1.58. The predicted octanol–water partition coefficient (Wildman–Crippen LogP) is 4.61. The minimum absolute atomic E-state index is 0.0912. The van der Waals surface area contributed by atoms with Crippen LogP contribution < -0.4 is 5.32 Å². The Kier molecular flexibility index (Phi) is 4.22. The Bertz CT molecular complexity index is 664. The first-order valence-corrected chi connectivity index (χ1v) is 6.76. The van der Waals surface area contributed by atoms with Gasteiger partial charge in [-0.05, 0) is 24.6 Å². The number of anilines is 2. The third-order valence-electron chi connectivity index (χ3n) is 2.80. The first kappa shape index (κ1) is 15.4. The number of esters is 1. The van der Waals surface area contributed by atoms with Crippen LogP contribution in [0.4, 0.5) is 24.5 Å². The number of hydrogen-bond acceptors (Lipinski definition) is 4. The van der Waals surface area contributed by atoms with Crippen molar-refractivity contribution in [2.75, 3.05) is 12.4 Å². The summed E-state index contributed by atoms with van der Waals surface area (Å²) in [6.45, 7) is 1.82. The molecule has 3 nitrogen and oxygen atoms in total. The topological polar surface area (TPSA) is 38.3 Å². The zero-order valence-corrected chi connectivity index (χ0v) is 12.1. The number of carbonyl (C=O) groups excluding carboxylic acids is 1. The average Bonchev–Trinajstić information content (AvgIpc) is 2.84. The fourth-order valence-electron chi connectivity index (χ4n) is 1.73. The van der Waals surface area contributed by atoms with Crippen molar-refractivity contribution in [1.82, 2.24) is 0 Å². The number of ether oxygens (including phenoxy) is 1. The van der Waals surface area contributed by atoms with E-state index in [9.17, 15) is 18.0 Å². The van der Waals surface area contributed by atoms with E-state index in [1.807, 2.05) is 19.1 Å². The van der Waals surface area contributed by atoms with E-state index >= 15 is 0 Å². The first-order chi connectivity index (χ1) is 9.82. The molecule has 0 atom stereocenters. The number of para-hydroxylation sites is 1. The minimum Gasteiger partial charge on any atom is -0.465 e. The van der Waals surface area contributed by atoms with Crippen LogP contribution in [0.5, 0.6) is 0 Å². The Morgan fingerprint density at radius 1 is 1.24 bits per heavy atom. The van der Waals surface area contributed by atoms with Gasteiger partial charge in [-0.25, -0.2) is 4.79 Å². The van der Waals surface area contributed by atoms with Crippen LogP contribution in [0.2, 0.25) is 0 Å². The van der Waals surface area contributed by atoms with E-state index in [0.717, 1.165) is 18.7 Å². The maximum atomic E-state index is 12.8. The van der Waals surface area contributed by atoms with Gasteiger partial charge in [-0.2, -0.15) is 13.2 Å².